The number of carbonyl (C=O) groups excluding carboxylic acids is 1. The number of methoxy groups -OCH3 is 1. The summed E-state index contributed by atoms with van der Waals surface area (Å²) in [7, 11) is 1.26. The van der Waals surface area contributed by atoms with Gasteiger partial charge in [-0.25, -0.2) is 9.18 Å². The fourth-order valence-electron chi connectivity index (χ4n) is 1.26. The van der Waals surface area contributed by atoms with Gasteiger partial charge < -0.3 is 9.26 Å². The van der Waals surface area contributed by atoms with Crippen molar-refractivity contribution in [1.82, 2.24) is 5.16 Å². The Morgan fingerprint density at radius 2 is 2.24 bits per heavy atom. The molecule has 0 amide bonds. The number of benzene rings is 1. The smallest absolute Gasteiger partial charge is 0.360 e. The third-order valence-corrected chi connectivity index (χ3v) is 2.72. The molecule has 0 aliphatic heterocycles. The van der Waals surface area contributed by atoms with Gasteiger partial charge in [0.25, 0.3) is 0 Å². The molecule has 6 heteroatoms. The van der Waals surface area contributed by atoms with Crippen LogP contribution in [0.4, 0.5) is 4.39 Å². The minimum Gasteiger partial charge on any atom is -0.464 e. The van der Waals surface area contributed by atoms with E-state index in [0.29, 0.717) is 15.8 Å². The van der Waals surface area contributed by atoms with Gasteiger partial charge in [0, 0.05) is 11.6 Å². The van der Waals surface area contributed by atoms with E-state index < -0.39 is 5.97 Å². The average molecular weight is 300 g/mol. The summed E-state index contributed by atoms with van der Waals surface area (Å²) in [6.45, 7) is 0. The first-order valence-corrected chi connectivity index (χ1v) is 5.41. The molecule has 1 aromatic heterocycles. The van der Waals surface area contributed by atoms with Gasteiger partial charge in [-0.15, -0.1) is 0 Å². The summed E-state index contributed by atoms with van der Waals surface area (Å²) in [6, 6.07) is 5.80. The van der Waals surface area contributed by atoms with Crippen LogP contribution < -0.4 is 0 Å². The number of aromatic nitrogens is 1. The molecule has 0 aliphatic carbocycles. The van der Waals surface area contributed by atoms with E-state index in [1.165, 1.54) is 31.4 Å². The van der Waals surface area contributed by atoms with Crippen LogP contribution in [0.5, 0.6) is 0 Å². The molecule has 88 valence electrons. The highest BCUT2D eigenvalue weighted by molar-refractivity contribution is 9.10. The van der Waals surface area contributed by atoms with Crippen molar-refractivity contribution >= 4 is 21.9 Å². The number of hydrogen-bond acceptors (Lipinski definition) is 4. The first-order chi connectivity index (χ1) is 8.11. The van der Waals surface area contributed by atoms with Gasteiger partial charge >= 0.3 is 5.97 Å². The number of halogens is 2. The Hall–Kier alpha value is -1.69. The molecule has 4 nitrogen and oxygen atoms in total. The Morgan fingerprint density at radius 3 is 2.88 bits per heavy atom. The fourth-order valence-corrected chi connectivity index (χ4v) is 1.64. The van der Waals surface area contributed by atoms with E-state index in [2.05, 4.69) is 25.8 Å². The van der Waals surface area contributed by atoms with Crippen molar-refractivity contribution in [2.45, 2.75) is 0 Å². The van der Waals surface area contributed by atoms with Crippen LogP contribution in [0.2, 0.25) is 0 Å². The highest BCUT2D eigenvalue weighted by Crippen LogP contribution is 2.25. The van der Waals surface area contributed by atoms with E-state index in [9.17, 15) is 9.18 Å². The molecule has 0 atom stereocenters. The maximum absolute atomic E-state index is 13.0. The van der Waals surface area contributed by atoms with Crippen LogP contribution in [0.25, 0.3) is 11.3 Å². The lowest BCUT2D eigenvalue weighted by Crippen LogP contribution is -2.00. The second-order valence-corrected chi connectivity index (χ2v) is 4.05. The molecule has 0 radical (unpaired) electrons. The number of hydrogen-bond donors (Lipinski definition) is 0. The predicted octanol–water partition coefficient (Wildman–Crippen LogP) is 3.03. The fraction of sp³-hybridized carbons (Fsp3) is 0.0909. The van der Waals surface area contributed by atoms with Gasteiger partial charge in [-0.2, -0.15) is 0 Å². The van der Waals surface area contributed by atoms with Gasteiger partial charge in [-0.05, 0) is 34.1 Å². The summed E-state index contributed by atoms with van der Waals surface area (Å²) in [5.74, 6) is -0.589. The van der Waals surface area contributed by atoms with E-state index in [1.54, 1.807) is 0 Å². The Kier molecular flexibility index (Phi) is 3.23. The standard InChI is InChI=1S/C11H7BrFNO3/c1-16-11(15)9-5-10(17-14-9)6-2-3-8(13)7(12)4-6/h2-5H,1H3. The molecule has 2 aromatic rings. The van der Waals surface area contributed by atoms with Crippen molar-refractivity contribution < 1.29 is 18.4 Å². The van der Waals surface area contributed by atoms with Crippen molar-refractivity contribution in [3.63, 3.8) is 0 Å². The van der Waals surface area contributed by atoms with Crippen LogP contribution in [0.1, 0.15) is 10.5 Å². The minimum atomic E-state index is -0.582. The molecule has 0 N–H and O–H groups in total. The third kappa shape index (κ3) is 2.36. The highest BCUT2D eigenvalue weighted by Gasteiger charge is 2.14. The van der Waals surface area contributed by atoms with Gasteiger partial charge in [0.2, 0.25) is 0 Å². The number of rotatable bonds is 2. The maximum atomic E-state index is 13.0. The summed E-state index contributed by atoms with van der Waals surface area (Å²) >= 11 is 3.06. The number of ether oxygens (including phenoxy) is 1. The summed E-state index contributed by atoms with van der Waals surface area (Å²) in [5.41, 5.74) is 0.684. The van der Waals surface area contributed by atoms with Crippen molar-refractivity contribution in [1.29, 1.82) is 0 Å². The Morgan fingerprint density at radius 1 is 1.47 bits per heavy atom. The van der Waals surface area contributed by atoms with Crippen LogP contribution in [0.3, 0.4) is 0 Å². The molecule has 1 aromatic carbocycles. The summed E-state index contributed by atoms with van der Waals surface area (Å²) in [4.78, 5) is 11.2. The lowest BCUT2D eigenvalue weighted by molar-refractivity contribution is 0.0589. The van der Waals surface area contributed by atoms with E-state index in [1.807, 2.05) is 0 Å². The van der Waals surface area contributed by atoms with E-state index >= 15 is 0 Å². The Labute approximate surface area is 104 Å². The second-order valence-electron chi connectivity index (χ2n) is 3.20. The SMILES string of the molecule is COC(=O)c1cc(-c2ccc(F)c(Br)c2)on1. The second kappa shape index (κ2) is 4.67. The van der Waals surface area contributed by atoms with Crippen LogP contribution in [-0.4, -0.2) is 18.2 Å². The number of nitrogens with zero attached hydrogens (tertiary/aromatic N) is 1. The van der Waals surface area contributed by atoms with Crippen LogP contribution in [0.15, 0.2) is 33.3 Å². The monoisotopic (exact) mass is 299 g/mol. The number of carbonyl (C=O) groups is 1. The Bertz CT molecular complexity index is 568. The first-order valence-electron chi connectivity index (χ1n) is 4.62. The zero-order chi connectivity index (χ0) is 12.4. The molecule has 0 saturated heterocycles. The van der Waals surface area contributed by atoms with Crippen LogP contribution in [0, 0.1) is 5.82 Å². The van der Waals surface area contributed by atoms with Crippen LogP contribution >= 0.6 is 15.9 Å². The lowest BCUT2D eigenvalue weighted by Gasteiger charge is -1.97. The Balaban J connectivity index is 2.37. The zero-order valence-electron chi connectivity index (χ0n) is 8.74. The third-order valence-electron chi connectivity index (χ3n) is 2.11. The average Bonchev–Trinajstić information content (AvgIpc) is 2.81. The van der Waals surface area contributed by atoms with Gasteiger partial charge in [-0.3, -0.25) is 0 Å². The van der Waals surface area contributed by atoms with Crippen LogP contribution in [-0.2, 0) is 4.74 Å². The van der Waals surface area contributed by atoms with Crippen molar-refractivity contribution in [2.75, 3.05) is 7.11 Å². The quantitative estimate of drug-likeness (QED) is 0.800. The summed E-state index contributed by atoms with van der Waals surface area (Å²) in [6.07, 6.45) is 0. The van der Waals surface area contributed by atoms with Gasteiger partial charge in [0.15, 0.2) is 11.5 Å². The van der Waals surface area contributed by atoms with Gasteiger partial charge in [0.1, 0.15) is 5.82 Å². The molecule has 0 aliphatic rings. The lowest BCUT2D eigenvalue weighted by atomic mass is 10.1. The van der Waals surface area contributed by atoms with Crippen molar-refractivity contribution in [2.24, 2.45) is 0 Å². The summed E-state index contributed by atoms with van der Waals surface area (Å²) < 4.78 is 22.8. The van der Waals surface area contributed by atoms with Gasteiger partial charge in [0.05, 0.1) is 11.6 Å². The molecule has 0 spiro atoms. The van der Waals surface area contributed by atoms with Gasteiger partial charge in [-0.1, -0.05) is 5.16 Å². The molecule has 0 saturated carbocycles. The molecule has 0 fully saturated rings. The highest BCUT2D eigenvalue weighted by atomic mass is 79.9. The molecular weight excluding hydrogens is 293 g/mol. The molecule has 0 unspecified atom stereocenters. The topological polar surface area (TPSA) is 52.3 Å². The normalized spacial score (nSPS) is 10.3. The van der Waals surface area contributed by atoms with E-state index in [0.717, 1.165) is 0 Å². The van der Waals surface area contributed by atoms with Crippen molar-refractivity contribution in [3.8, 4) is 11.3 Å². The van der Waals surface area contributed by atoms with E-state index in [-0.39, 0.29) is 11.5 Å². The molecule has 0 bridgehead atoms. The summed E-state index contributed by atoms with van der Waals surface area (Å²) in [5, 5.41) is 3.56. The minimum absolute atomic E-state index is 0.0722. The molecule has 1 heterocycles. The largest absolute Gasteiger partial charge is 0.464 e. The molecule has 17 heavy (non-hydrogen) atoms. The van der Waals surface area contributed by atoms with E-state index in [4.69, 9.17) is 4.52 Å². The predicted molar refractivity (Wildman–Crippen MR) is 60.9 cm³/mol. The first kappa shape index (κ1) is 11.8. The maximum Gasteiger partial charge on any atom is 0.360 e. The zero-order valence-corrected chi connectivity index (χ0v) is 10.3. The van der Waals surface area contributed by atoms with Crippen molar-refractivity contribution in [3.05, 3.63) is 40.2 Å². The molecule has 2 rings (SSSR count). The number of esters is 1. The molecular formula is C11H7BrFNO3.